The number of amides is 3. The molecule has 25 heavy (non-hydrogen) atoms. The molecule has 0 bridgehead atoms. The Morgan fingerprint density at radius 3 is 2.52 bits per heavy atom. The van der Waals surface area contributed by atoms with Crippen LogP contribution in [0.4, 0.5) is 5.69 Å². The van der Waals surface area contributed by atoms with Gasteiger partial charge in [-0.25, -0.2) is 0 Å². The first-order chi connectivity index (χ1) is 11.6. The molecule has 0 spiro atoms. The molecule has 3 amide bonds. The third-order valence-electron chi connectivity index (χ3n) is 4.90. The molecule has 9 heteroatoms. The second kappa shape index (κ2) is 5.62. The van der Waals surface area contributed by atoms with Crippen molar-refractivity contribution < 1.29 is 24.4 Å². The quantitative estimate of drug-likeness (QED) is 0.484. The average molecular weight is 347 g/mol. The Hall–Kier alpha value is -2.81. The number of hydrogen-bond donors (Lipinski definition) is 1. The first-order valence-electron chi connectivity index (χ1n) is 7.77. The Kier molecular flexibility index (Phi) is 3.83. The van der Waals surface area contributed by atoms with Gasteiger partial charge in [-0.15, -0.1) is 0 Å². The second-order valence-electron chi connectivity index (χ2n) is 6.69. The van der Waals surface area contributed by atoms with Crippen LogP contribution in [0.2, 0.25) is 0 Å². The van der Waals surface area contributed by atoms with Gasteiger partial charge < -0.3 is 10.0 Å². The van der Waals surface area contributed by atoms with E-state index in [0.717, 1.165) is 17.0 Å². The van der Waals surface area contributed by atoms with Crippen LogP contribution in [0.25, 0.3) is 0 Å². The molecule has 2 aliphatic rings. The van der Waals surface area contributed by atoms with Gasteiger partial charge >= 0.3 is 0 Å². The van der Waals surface area contributed by atoms with E-state index < -0.39 is 40.8 Å². The van der Waals surface area contributed by atoms with Crippen molar-refractivity contribution in [1.82, 2.24) is 9.80 Å². The minimum atomic E-state index is -0.783. The zero-order valence-corrected chi connectivity index (χ0v) is 13.8. The van der Waals surface area contributed by atoms with E-state index in [-0.39, 0.29) is 16.8 Å². The number of nitrogens with zero attached hydrogens (tertiary/aromatic N) is 3. The number of nitro benzene ring substituents is 1. The fourth-order valence-electron chi connectivity index (χ4n) is 3.28. The summed E-state index contributed by atoms with van der Waals surface area (Å²) < 4.78 is 0. The van der Waals surface area contributed by atoms with Crippen LogP contribution in [0.1, 0.15) is 41.0 Å². The largest absolute Gasteiger partial charge is 0.391 e. The molecule has 0 radical (unpaired) electrons. The molecule has 9 nitrogen and oxygen atoms in total. The topological polar surface area (TPSA) is 121 Å². The van der Waals surface area contributed by atoms with E-state index in [0.29, 0.717) is 13.0 Å². The second-order valence-corrected chi connectivity index (χ2v) is 6.69. The minimum Gasteiger partial charge on any atom is -0.391 e. The van der Waals surface area contributed by atoms with E-state index >= 15 is 0 Å². The lowest BCUT2D eigenvalue weighted by Gasteiger charge is -2.34. The van der Waals surface area contributed by atoms with Gasteiger partial charge in [0.25, 0.3) is 17.5 Å². The van der Waals surface area contributed by atoms with Crippen LogP contribution >= 0.6 is 0 Å². The molecule has 0 aliphatic carbocycles. The summed E-state index contributed by atoms with van der Waals surface area (Å²) in [7, 11) is 0. The predicted octanol–water partition coefficient (Wildman–Crippen LogP) is 0.563. The number of hydrogen-bond acceptors (Lipinski definition) is 6. The molecule has 1 N–H and O–H groups in total. The molecule has 2 heterocycles. The zero-order valence-electron chi connectivity index (χ0n) is 13.8. The van der Waals surface area contributed by atoms with Crippen molar-refractivity contribution in [3.8, 4) is 0 Å². The number of carbonyl (C=O) groups is 3. The van der Waals surface area contributed by atoms with Gasteiger partial charge in [0, 0.05) is 18.7 Å². The van der Waals surface area contributed by atoms with Gasteiger partial charge in [0.05, 0.1) is 27.7 Å². The molecular formula is C16H17N3O6. The monoisotopic (exact) mass is 347 g/mol. The smallest absolute Gasteiger partial charge is 0.270 e. The SMILES string of the molecule is CC1(C)C(O)CCN1C(=O)CN1C(=O)c2ccc([N+](=O)[O-])cc2C1=O. The lowest BCUT2D eigenvalue weighted by Crippen LogP contribution is -2.51. The minimum absolute atomic E-state index is 0.0455. The fourth-order valence-corrected chi connectivity index (χ4v) is 3.28. The highest BCUT2D eigenvalue weighted by atomic mass is 16.6. The van der Waals surface area contributed by atoms with Crippen LogP contribution in [-0.2, 0) is 4.79 Å². The van der Waals surface area contributed by atoms with Crippen molar-refractivity contribution in [3.05, 3.63) is 39.4 Å². The summed E-state index contributed by atoms with van der Waals surface area (Å²) in [4.78, 5) is 49.8. The first kappa shape index (κ1) is 17.0. The molecule has 3 rings (SSSR count). The first-order valence-corrected chi connectivity index (χ1v) is 7.77. The average Bonchev–Trinajstić information content (AvgIpc) is 2.95. The third-order valence-corrected chi connectivity index (χ3v) is 4.90. The number of likely N-dealkylation sites (tertiary alicyclic amines) is 1. The van der Waals surface area contributed by atoms with E-state index in [2.05, 4.69) is 0 Å². The highest BCUT2D eigenvalue weighted by Crippen LogP contribution is 2.30. The standard InChI is InChI=1S/C16H17N3O6/c1-16(2)12(20)5-6-18(16)13(21)8-17-14(22)10-4-3-9(19(24)25)7-11(10)15(17)23/h3-4,7,12,20H,5-6,8H2,1-2H3. The number of aliphatic hydroxyl groups is 1. The number of non-ortho nitro benzene ring substituents is 1. The van der Waals surface area contributed by atoms with E-state index in [9.17, 15) is 29.6 Å². The van der Waals surface area contributed by atoms with Crippen molar-refractivity contribution in [3.63, 3.8) is 0 Å². The highest BCUT2D eigenvalue weighted by molar-refractivity contribution is 6.22. The molecule has 0 aromatic heterocycles. The molecule has 1 atom stereocenters. The maximum absolute atomic E-state index is 12.5. The predicted molar refractivity (Wildman–Crippen MR) is 84.9 cm³/mol. The maximum atomic E-state index is 12.5. The highest BCUT2D eigenvalue weighted by Gasteiger charge is 2.45. The van der Waals surface area contributed by atoms with Gasteiger partial charge in [0.1, 0.15) is 6.54 Å². The van der Waals surface area contributed by atoms with Crippen LogP contribution in [-0.4, -0.2) is 62.3 Å². The van der Waals surface area contributed by atoms with Crippen LogP contribution in [0.15, 0.2) is 18.2 Å². The normalized spacial score (nSPS) is 21.6. The van der Waals surface area contributed by atoms with Crippen molar-refractivity contribution in [2.45, 2.75) is 31.9 Å². The molecule has 1 aromatic rings. The van der Waals surface area contributed by atoms with Gasteiger partial charge in [-0.05, 0) is 26.3 Å². The van der Waals surface area contributed by atoms with E-state index in [4.69, 9.17) is 0 Å². The third kappa shape index (κ3) is 2.56. The summed E-state index contributed by atoms with van der Waals surface area (Å²) in [5.74, 6) is -1.83. The Labute approximate surface area is 143 Å². The molecule has 2 aliphatic heterocycles. The molecule has 132 valence electrons. The number of imide groups is 1. The Morgan fingerprint density at radius 1 is 1.32 bits per heavy atom. The van der Waals surface area contributed by atoms with Gasteiger partial charge in [0.2, 0.25) is 5.91 Å². The van der Waals surface area contributed by atoms with E-state index in [1.165, 1.54) is 11.0 Å². The summed E-state index contributed by atoms with van der Waals surface area (Å²) in [6, 6.07) is 3.42. The van der Waals surface area contributed by atoms with E-state index in [1.807, 2.05) is 0 Å². The van der Waals surface area contributed by atoms with E-state index in [1.54, 1.807) is 13.8 Å². The number of aliphatic hydroxyl groups excluding tert-OH is 1. The van der Waals surface area contributed by atoms with Crippen molar-refractivity contribution in [2.75, 3.05) is 13.1 Å². The maximum Gasteiger partial charge on any atom is 0.270 e. The number of nitro groups is 1. The van der Waals surface area contributed by atoms with Gasteiger partial charge in [-0.2, -0.15) is 0 Å². The molecule has 1 aromatic carbocycles. The summed E-state index contributed by atoms with van der Waals surface area (Å²) >= 11 is 0. The number of rotatable bonds is 3. The van der Waals surface area contributed by atoms with Crippen molar-refractivity contribution in [1.29, 1.82) is 0 Å². The Balaban J connectivity index is 1.83. The van der Waals surface area contributed by atoms with Crippen LogP contribution in [0, 0.1) is 10.1 Å². The van der Waals surface area contributed by atoms with Crippen LogP contribution < -0.4 is 0 Å². The zero-order chi connectivity index (χ0) is 18.5. The van der Waals surface area contributed by atoms with Crippen molar-refractivity contribution in [2.24, 2.45) is 0 Å². The number of benzene rings is 1. The summed E-state index contributed by atoms with van der Waals surface area (Å²) in [6.07, 6.45) is -0.256. The van der Waals surface area contributed by atoms with Gasteiger partial charge in [-0.3, -0.25) is 29.4 Å². The van der Waals surface area contributed by atoms with Gasteiger partial charge in [0.15, 0.2) is 0 Å². The molecular weight excluding hydrogens is 330 g/mol. The Bertz CT molecular complexity index is 803. The molecule has 1 unspecified atom stereocenters. The number of carbonyl (C=O) groups excluding carboxylic acids is 3. The number of fused-ring (bicyclic) bond motifs is 1. The van der Waals surface area contributed by atoms with Crippen LogP contribution in [0.3, 0.4) is 0 Å². The molecule has 0 saturated carbocycles. The Morgan fingerprint density at radius 2 is 1.96 bits per heavy atom. The summed E-state index contributed by atoms with van der Waals surface area (Å²) in [6.45, 7) is 3.31. The molecule has 1 fully saturated rings. The lowest BCUT2D eigenvalue weighted by molar-refractivity contribution is -0.384. The summed E-state index contributed by atoms with van der Waals surface area (Å²) in [5, 5.41) is 20.8. The lowest BCUT2D eigenvalue weighted by atomic mass is 9.99. The van der Waals surface area contributed by atoms with Crippen LogP contribution in [0.5, 0.6) is 0 Å². The summed E-state index contributed by atoms with van der Waals surface area (Å²) in [5.41, 5.74) is -1.11. The fraction of sp³-hybridized carbons (Fsp3) is 0.438. The van der Waals surface area contributed by atoms with Crippen molar-refractivity contribution >= 4 is 23.4 Å². The van der Waals surface area contributed by atoms with Gasteiger partial charge in [-0.1, -0.05) is 0 Å². The molecule has 1 saturated heterocycles.